The molecule has 0 fully saturated rings. The van der Waals surface area contributed by atoms with Gasteiger partial charge in [0.25, 0.3) is 0 Å². The van der Waals surface area contributed by atoms with Crippen molar-refractivity contribution in [3.05, 3.63) is 0 Å². The lowest BCUT2D eigenvalue weighted by Gasteiger charge is -1.83. The Labute approximate surface area is 41.4 Å². The van der Waals surface area contributed by atoms with E-state index in [1.807, 2.05) is 0 Å². The number of hydrogen-bond acceptors (Lipinski definition) is 3. The molecule has 0 saturated heterocycles. The Kier molecular flexibility index (Phi) is 4.96. The van der Waals surface area contributed by atoms with Gasteiger partial charge in [0, 0.05) is 0 Å². The van der Waals surface area contributed by atoms with Crippen molar-refractivity contribution in [1.29, 1.82) is 0 Å². The van der Waals surface area contributed by atoms with Crippen LogP contribution < -0.4 is 4.72 Å². The summed E-state index contributed by atoms with van der Waals surface area (Å²) in [6, 6.07) is 0. The minimum atomic E-state index is 0.538. The van der Waals surface area contributed by atoms with Crippen molar-refractivity contribution in [3.63, 3.8) is 0 Å². The van der Waals surface area contributed by atoms with Crippen molar-refractivity contribution in [2.75, 3.05) is 12.8 Å². The molecule has 0 rings (SSSR count). The topological polar surface area (TPSA) is 29.1 Å². The molecule has 3 heteroatoms. The molecule has 0 aliphatic carbocycles. The first kappa shape index (κ1) is 5.98. The molecule has 6 heavy (non-hydrogen) atoms. The quantitative estimate of drug-likeness (QED) is 0.312. The third kappa shape index (κ3) is 3.98. The van der Waals surface area contributed by atoms with Gasteiger partial charge in [-0.05, 0) is 7.05 Å². The monoisotopic (exact) mass is 105 g/mol. The van der Waals surface area contributed by atoms with E-state index in [1.54, 1.807) is 7.05 Å². The van der Waals surface area contributed by atoms with Crippen molar-refractivity contribution in [3.8, 4) is 0 Å². The Morgan fingerprint density at radius 3 is 2.83 bits per heavy atom. The molecule has 0 spiro atoms. The van der Waals surface area contributed by atoms with Gasteiger partial charge in [-0.1, -0.05) is 11.9 Å². The van der Waals surface area contributed by atoms with Gasteiger partial charge in [-0.2, -0.15) is 0 Å². The van der Waals surface area contributed by atoms with Crippen LogP contribution in [0.4, 0.5) is 0 Å². The molecule has 0 bridgehead atoms. The number of aldehydes is 1. The largest absolute Gasteiger partial charge is 0.302 e. The van der Waals surface area contributed by atoms with E-state index < -0.39 is 0 Å². The molecule has 0 radical (unpaired) electrons. The van der Waals surface area contributed by atoms with Gasteiger partial charge in [-0.15, -0.1) is 0 Å². The third-order valence-electron chi connectivity index (χ3n) is 0.296. The van der Waals surface area contributed by atoms with E-state index in [4.69, 9.17) is 0 Å². The highest BCUT2D eigenvalue weighted by Crippen LogP contribution is 1.82. The van der Waals surface area contributed by atoms with E-state index in [-0.39, 0.29) is 0 Å². The molecule has 0 amide bonds. The lowest BCUT2D eigenvalue weighted by Crippen LogP contribution is -1.93. The Morgan fingerprint density at radius 1 is 2.00 bits per heavy atom. The zero-order valence-electron chi connectivity index (χ0n) is 3.60. The summed E-state index contributed by atoms with van der Waals surface area (Å²) in [6.07, 6.45) is 0.862. The van der Waals surface area contributed by atoms with Crippen LogP contribution in [0.5, 0.6) is 0 Å². The Bertz CT molecular complexity index is 39.8. The molecule has 0 aromatic heterocycles. The van der Waals surface area contributed by atoms with Gasteiger partial charge >= 0.3 is 0 Å². The Hall–Kier alpha value is -0.0200. The van der Waals surface area contributed by atoms with Gasteiger partial charge in [0.2, 0.25) is 0 Å². The molecule has 0 aromatic carbocycles. The first-order chi connectivity index (χ1) is 2.91. The van der Waals surface area contributed by atoms with Gasteiger partial charge in [-0.25, -0.2) is 0 Å². The number of hydrogen-bond donors (Lipinski definition) is 1. The normalized spacial score (nSPS) is 8.17. The van der Waals surface area contributed by atoms with E-state index in [0.29, 0.717) is 5.75 Å². The van der Waals surface area contributed by atoms with Crippen molar-refractivity contribution in [1.82, 2.24) is 4.72 Å². The molecular weight excluding hydrogens is 98.1 g/mol. The summed E-state index contributed by atoms with van der Waals surface area (Å²) in [7, 11) is 1.79. The summed E-state index contributed by atoms with van der Waals surface area (Å²) in [5, 5.41) is 0. The van der Waals surface area contributed by atoms with Crippen LogP contribution >= 0.6 is 11.9 Å². The van der Waals surface area contributed by atoms with Crippen LogP contribution in [0.3, 0.4) is 0 Å². The molecule has 2 nitrogen and oxygen atoms in total. The predicted octanol–water partition coefficient (Wildman–Crippen LogP) is 0.0529. The lowest BCUT2D eigenvalue weighted by atomic mass is 10.9. The van der Waals surface area contributed by atoms with E-state index in [2.05, 4.69) is 4.72 Å². The molecule has 0 unspecified atom stereocenters. The summed E-state index contributed by atoms with van der Waals surface area (Å²) in [4.78, 5) is 9.50. The highest BCUT2D eigenvalue weighted by atomic mass is 32.2. The highest BCUT2D eigenvalue weighted by molar-refractivity contribution is 7.97. The Morgan fingerprint density at radius 2 is 2.67 bits per heavy atom. The minimum Gasteiger partial charge on any atom is -0.302 e. The van der Waals surface area contributed by atoms with Crippen LogP contribution in [0, 0.1) is 0 Å². The second kappa shape index (κ2) is 4.98. The van der Waals surface area contributed by atoms with E-state index >= 15 is 0 Å². The van der Waals surface area contributed by atoms with Gasteiger partial charge in [-0.3, -0.25) is 4.72 Å². The molecule has 1 N–H and O–H groups in total. The number of rotatable bonds is 3. The van der Waals surface area contributed by atoms with Crippen molar-refractivity contribution in [2.24, 2.45) is 0 Å². The zero-order valence-corrected chi connectivity index (χ0v) is 4.42. The maximum absolute atomic E-state index is 9.50. The first-order valence-electron chi connectivity index (χ1n) is 1.64. The molecule has 0 aliphatic rings. The first-order valence-corrected chi connectivity index (χ1v) is 2.62. The highest BCUT2D eigenvalue weighted by Gasteiger charge is 1.73. The average Bonchev–Trinajstić information content (AvgIpc) is 1.61. The van der Waals surface area contributed by atoms with Crippen LogP contribution in [-0.4, -0.2) is 19.1 Å². The predicted molar refractivity (Wildman–Crippen MR) is 27.6 cm³/mol. The van der Waals surface area contributed by atoms with Crippen molar-refractivity contribution >= 4 is 18.2 Å². The summed E-state index contributed by atoms with van der Waals surface area (Å²) < 4.78 is 2.75. The second-order valence-electron chi connectivity index (χ2n) is 0.682. The van der Waals surface area contributed by atoms with E-state index in [0.717, 1.165) is 6.29 Å². The molecular formula is C3H7NOS. The lowest BCUT2D eigenvalue weighted by molar-refractivity contribution is -0.105. The fraction of sp³-hybridized carbons (Fsp3) is 0.667. The third-order valence-corrected chi connectivity index (χ3v) is 0.887. The summed E-state index contributed by atoms with van der Waals surface area (Å²) in [5.41, 5.74) is 0. The SMILES string of the molecule is CNSCC=O. The van der Waals surface area contributed by atoms with E-state index in [1.165, 1.54) is 11.9 Å². The maximum atomic E-state index is 9.50. The maximum Gasteiger partial charge on any atom is 0.131 e. The summed E-state index contributed by atoms with van der Waals surface area (Å²) in [6.45, 7) is 0. The van der Waals surface area contributed by atoms with Gasteiger partial charge < -0.3 is 4.79 Å². The van der Waals surface area contributed by atoms with Crippen LogP contribution in [0.2, 0.25) is 0 Å². The molecule has 0 atom stereocenters. The van der Waals surface area contributed by atoms with E-state index in [9.17, 15) is 4.79 Å². The summed E-state index contributed by atoms with van der Waals surface area (Å²) in [5.74, 6) is 0.538. The van der Waals surface area contributed by atoms with Gasteiger partial charge in [0.15, 0.2) is 0 Å². The second-order valence-corrected chi connectivity index (χ2v) is 1.71. The van der Waals surface area contributed by atoms with Crippen LogP contribution in [0.25, 0.3) is 0 Å². The number of carbonyl (C=O) groups is 1. The fourth-order valence-electron chi connectivity index (χ4n) is 0.117. The standard InChI is InChI=1S/C3H7NOS/c1-4-6-3-2-5/h2,4H,3H2,1H3. The molecule has 0 saturated carbocycles. The van der Waals surface area contributed by atoms with Crippen LogP contribution in [0.1, 0.15) is 0 Å². The van der Waals surface area contributed by atoms with Crippen LogP contribution in [0.15, 0.2) is 0 Å². The van der Waals surface area contributed by atoms with Gasteiger partial charge in [0.1, 0.15) is 6.29 Å². The minimum absolute atomic E-state index is 0.538. The summed E-state index contributed by atoms with van der Waals surface area (Å²) >= 11 is 1.39. The number of carbonyl (C=O) groups excluding carboxylic acids is 1. The molecule has 0 aliphatic heterocycles. The smallest absolute Gasteiger partial charge is 0.131 e. The van der Waals surface area contributed by atoms with Crippen LogP contribution in [-0.2, 0) is 4.79 Å². The Balaban J connectivity index is 2.49. The average molecular weight is 105 g/mol. The molecule has 0 heterocycles. The van der Waals surface area contributed by atoms with Gasteiger partial charge in [0.05, 0.1) is 5.75 Å². The fourth-order valence-corrected chi connectivity index (χ4v) is 0.352. The number of nitrogens with one attached hydrogen (secondary N) is 1. The molecule has 0 aromatic rings. The molecule has 36 valence electrons. The van der Waals surface area contributed by atoms with Crippen molar-refractivity contribution < 1.29 is 4.79 Å². The van der Waals surface area contributed by atoms with Crippen molar-refractivity contribution in [2.45, 2.75) is 0 Å². The zero-order chi connectivity index (χ0) is 4.83.